The number of ether oxygens (including phenoxy) is 1. The van der Waals surface area contributed by atoms with Gasteiger partial charge in [0.15, 0.2) is 0 Å². The van der Waals surface area contributed by atoms with E-state index >= 15 is 0 Å². The van der Waals surface area contributed by atoms with Crippen molar-refractivity contribution in [3.05, 3.63) is 71.0 Å². The lowest BCUT2D eigenvalue weighted by atomic mass is 9.89. The lowest BCUT2D eigenvalue weighted by Crippen LogP contribution is -2.30. The molecule has 0 unspecified atom stereocenters. The van der Waals surface area contributed by atoms with Crippen LogP contribution in [0.1, 0.15) is 27.4 Å². The summed E-state index contributed by atoms with van der Waals surface area (Å²) < 4.78 is 18.1. The number of carbonyl (C=O) groups excluding carboxylic acids is 2. The van der Waals surface area contributed by atoms with Gasteiger partial charge < -0.3 is 9.64 Å². The summed E-state index contributed by atoms with van der Waals surface area (Å²) in [7, 11) is 1.31. The maximum atomic E-state index is 13.2. The Kier molecular flexibility index (Phi) is 4.99. The van der Waals surface area contributed by atoms with Crippen molar-refractivity contribution >= 4 is 11.9 Å². The number of nitriles is 1. The molecule has 1 fully saturated rings. The number of nitrogens with zero attached hydrogens (tertiary/aromatic N) is 2. The number of likely N-dealkylation sites (tertiary alicyclic amines) is 1. The number of rotatable bonds is 3. The Morgan fingerprint density at radius 1 is 1.19 bits per heavy atom. The van der Waals surface area contributed by atoms with Crippen molar-refractivity contribution in [2.45, 2.75) is 5.92 Å². The zero-order valence-corrected chi connectivity index (χ0v) is 14.2. The second-order valence-corrected chi connectivity index (χ2v) is 6.19. The van der Waals surface area contributed by atoms with E-state index in [0.29, 0.717) is 17.7 Å². The van der Waals surface area contributed by atoms with Crippen LogP contribution in [0.5, 0.6) is 0 Å². The number of hydrogen-bond acceptors (Lipinski definition) is 4. The molecule has 1 amide bonds. The highest BCUT2D eigenvalue weighted by atomic mass is 19.1. The molecule has 0 saturated carbocycles. The summed E-state index contributed by atoms with van der Waals surface area (Å²) in [4.78, 5) is 26.6. The van der Waals surface area contributed by atoms with Gasteiger partial charge in [-0.25, -0.2) is 4.39 Å². The third kappa shape index (κ3) is 3.42. The molecule has 0 bridgehead atoms. The summed E-state index contributed by atoms with van der Waals surface area (Å²) in [6.07, 6.45) is 0. The molecule has 1 saturated heterocycles. The molecular formula is C20H17FN2O3. The standard InChI is InChI=1S/C20H17FN2O3/c1-26-20(25)18-12-23(11-17(18)14-5-7-16(21)8-6-14)19(24)15-4-2-3-13(9-15)10-22/h2-9,17-18H,11-12H2,1H3/t17-,18+/m1/s1. The van der Waals surface area contributed by atoms with E-state index in [1.807, 2.05) is 6.07 Å². The Labute approximate surface area is 150 Å². The SMILES string of the molecule is COC(=O)[C@H]1CN(C(=O)c2cccc(C#N)c2)C[C@@H]1c1ccc(F)cc1. The number of carbonyl (C=O) groups is 2. The van der Waals surface area contributed by atoms with E-state index in [4.69, 9.17) is 10.00 Å². The molecule has 0 radical (unpaired) electrons. The predicted octanol–water partition coefficient (Wildman–Crippen LogP) is 2.73. The molecule has 0 N–H and O–H groups in total. The highest BCUT2D eigenvalue weighted by Crippen LogP contribution is 2.34. The molecule has 5 nitrogen and oxygen atoms in total. The number of benzene rings is 2. The van der Waals surface area contributed by atoms with E-state index < -0.39 is 11.9 Å². The maximum absolute atomic E-state index is 13.2. The van der Waals surface area contributed by atoms with Gasteiger partial charge in [0.2, 0.25) is 0 Å². The van der Waals surface area contributed by atoms with Crippen LogP contribution in [0, 0.1) is 23.1 Å². The Morgan fingerprint density at radius 2 is 1.92 bits per heavy atom. The van der Waals surface area contributed by atoms with Gasteiger partial charge in [-0.05, 0) is 35.9 Å². The minimum Gasteiger partial charge on any atom is -0.469 e. The second-order valence-electron chi connectivity index (χ2n) is 6.19. The van der Waals surface area contributed by atoms with Crippen molar-refractivity contribution in [1.29, 1.82) is 5.26 Å². The summed E-state index contributed by atoms with van der Waals surface area (Å²) in [5.74, 6) is -1.80. The average Bonchev–Trinajstić information content (AvgIpc) is 3.12. The van der Waals surface area contributed by atoms with Crippen LogP contribution in [0.4, 0.5) is 4.39 Å². The molecule has 0 aromatic heterocycles. The number of esters is 1. The normalized spacial score (nSPS) is 19.0. The molecule has 2 aromatic carbocycles. The van der Waals surface area contributed by atoms with Crippen molar-refractivity contribution in [2.75, 3.05) is 20.2 Å². The summed E-state index contributed by atoms with van der Waals surface area (Å²) >= 11 is 0. The first kappa shape index (κ1) is 17.6. The third-order valence-electron chi connectivity index (χ3n) is 4.65. The lowest BCUT2D eigenvalue weighted by Gasteiger charge is -2.17. The van der Waals surface area contributed by atoms with Crippen LogP contribution in [0.25, 0.3) is 0 Å². The maximum Gasteiger partial charge on any atom is 0.311 e. The molecule has 26 heavy (non-hydrogen) atoms. The zero-order valence-electron chi connectivity index (χ0n) is 14.2. The highest BCUT2D eigenvalue weighted by molar-refractivity contribution is 5.95. The Bertz CT molecular complexity index is 873. The van der Waals surface area contributed by atoms with Gasteiger partial charge in [0.05, 0.1) is 24.7 Å². The van der Waals surface area contributed by atoms with Gasteiger partial charge in [-0.15, -0.1) is 0 Å². The molecular weight excluding hydrogens is 335 g/mol. The van der Waals surface area contributed by atoms with Crippen LogP contribution in [0.2, 0.25) is 0 Å². The van der Waals surface area contributed by atoms with E-state index in [1.54, 1.807) is 35.2 Å². The van der Waals surface area contributed by atoms with Crippen molar-refractivity contribution in [1.82, 2.24) is 4.90 Å². The van der Waals surface area contributed by atoms with Crippen molar-refractivity contribution in [3.8, 4) is 6.07 Å². The topological polar surface area (TPSA) is 70.4 Å². The minimum atomic E-state index is -0.520. The van der Waals surface area contributed by atoms with E-state index in [1.165, 1.54) is 25.3 Å². The first-order chi connectivity index (χ1) is 12.5. The first-order valence-corrected chi connectivity index (χ1v) is 8.16. The summed E-state index contributed by atoms with van der Waals surface area (Å²) in [6, 6.07) is 14.4. The Balaban J connectivity index is 1.88. The highest BCUT2D eigenvalue weighted by Gasteiger charge is 2.41. The number of amides is 1. The van der Waals surface area contributed by atoms with E-state index in [-0.39, 0.29) is 24.2 Å². The fourth-order valence-corrected chi connectivity index (χ4v) is 3.31. The van der Waals surface area contributed by atoms with Crippen molar-refractivity contribution in [2.24, 2.45) is 5.92 Å². The van der Waals surface area contributed by atoms with Crippen LogP contribution in [0.15, 0.2) is 48.5 Å². The lowest BCUT2D eigenvalue weighted by molar-refractivity contribution is -0.145. The van der Waals surface area contributed by atoms with Crippen molar-refractivity contribution < 1.29 is 18.7 Å². The Morgan fingerprint density at radius 3 is 2.58 bits per heavy atom. The van der Waals surface area contributed by atoms with Crippen LogP contribution in [-0.4, -0.2) is 37.0 Å². The van der Waals surface area contributed by atoms with Crippen LogP contribution in [0.3, 0.4) is 0 Å². The molecule has 0 aliphatic carbocycles. The molecule has 3 rings (SSSR count). The molecule has 1 heterocycles. The average molecular weight is 352 g/mol. The van der Waals surface area contributed by atoms with Gasteiger partial charge in [-0.2, -0.15) is 5.26 Å². The van der Waals surface area contributed by atoms with E-state index in [0.717, 1.165) is 5.56 Å². The monoisotopic (exact) mass is 352 g/mol. The van der Waals surface area contributed by atoms with Gasteiger partial charge >= 0.3 is 5.97 Å². The van der Waals surface area contributed by atoms with Gasteiger partial charge in [0, 0.05) is 24.6 Å². The zero-order chi connectivity index (χ0) is 18.7. The molecule has 1 aliphatic heterocycles. The smallest absolute Gasteiger partial charge is 0.311 e. The minimum absolute atomic E-state index is 0.213. The number of halogens is 1. The van der Waals surface area contributed by atoms with Crippen molar-refractivity contribution in [3.63, 3.8) is 0 Å². The van der Waals surface area contributed by atoms with E-state index in [9.17, 15) is 14.0 Å². The van der Waals surface area contributed by atoms with Gasteiger partial charge in [-0.3, -0.25) is 9.59 Å². The molecule has 6 heteroatoms. The molecule has 132 valence electrons. The van der Waals surface area contributed by atoms with Crippen LogP contribution in [-0.2, 0) is 9.53 Å². The van der Waals surface area contributed by atoms with Gasteiger partial charge in [0.25, 0.3) is 5.91 Å². The van der Waals surface area contributed by atoms with Crippen LogP contribution < -0.4 is 0 Å². The first-order valence-electron chi connectivity index (χ1n) is 8.16. The molecule has 2 atom stereocenters. The number of methoxy groups -OCH3 is 1. The molecule has 0 spiro atoms. The van der Waals surface area contributed by atoms with E-state index in [2.05, 4.69) is 0 Å². The fraction of sp³-hybridized carbons (Fsp3) is 0.250. The molecule has 2 aromatic rings. The van der Waals surface area contributed by atoms with Gasteiger partial charge in [-0.1, -0.05) is 18.2 Å². The summed E-state index contributed by atoms with van der Waals surface area (Å²) in [5, 5.41) is 9.00. The predicted molar refractivity (Wildman–Crippen MR) is 91.7 cm³/mol. The quantitative estimate of drug-likeness (QED) is 0.797. The Hall–Kier alpha value is -3.20. The van der Waals surface area contributed by atoms with Crippen LogP contribution >= 0.6 is 0 Å². The summed E-state index contributed by atoms with van der Waals surface area (Å²) in [5.41, 5.74) is 1.57. The largest absolute Gasteiger partial charge is 0.469 e. The fourth-order valence-electron chi connectivity index (χ4n) is 3.31. The van der Waals surface area contributed by atoms with Gasteiger partial charge in [0.1, 0.15) is 5.82 Å². The second kappa shape index (κ2) is 7.36. The number of hydrogen-bond donors (Lipinski definition) is 0. The summed E-state index contributed by atoms with van der Waals surface area (Å²) in [6.45, 7) is 0.533. The molecule has 1 aliphatic rings. The third-order valence-corrected chi connectivity index (χ3v) is 4.65.